The molecule has 1 saturated heterocycles. The molecule has 1 heterocycles. The summed E-state index contributed by atoms with van der Waals surface area (Å²) in [6, 6.07) is 8.90. The van der Waals surface area contributed by atoms with E-state index in [4.69, 9.17) is 4.74 Å². The molecule has 1 aromatic rings. The smallest absolute Gasteiger partial charge is 0.191 e. The first kappa shape index (κ1) is 22.2. The zero-order valence-electron chi connectivity index (χ0n) is 15.8. The van der Waals surface area contributed by atoms with Gasteiger partial charge >= 0.3 is 0 Å². The van der Waals surface area contributed by atoms with Crippen LogP contribution in [-0.4, -0.2) is 57.8 Å². The average Bonchev–Trinajstić information content (AvgIpc) is 2.61. The van der Waals surface area contributed by atoms with Crippen LogP contribution < -0.4 is 10.6 Å². The quantitative estimate of drug-likeness (QED) is 0.284. The minimum atomic E-state index is 0. The Hall–Kier alpha value is -0.860. The van der Waals surface area contributed by atoms with Gasteiger partial charge in [-0.15, -0.1) is 24.0 Å². The van der Waals surface area contributed by atoms with Crippen LogP contribution in [0.1, 0.15) is 24.0 Å². The van der Waals surface area contributed by atoms with Crippen LogP contribution in [0.5, 0.6) is 0 Å². The van der Waals surface area contributed by atoms with Crippen molar-refractivity contribution < 1.29 is 4.74 Å². The second-order valence-electron chi connectivity index (χ2n) is 6.58. The summed E-state index contributed by atoms with van der Waals surface area (Å²) in [7, 11) is 3.52. The van der Waals surface area contributed by atoms with E-state index in [0.717, 1.165) is 31.5 Å². The lowest BCUT2D eigenvalue weighted by Crippen LogP contribution is -2.43. The number of ether oxygens (including phenoxy) is 1. The minimum absolute atomic E-state index is 0. The second kappa shape index (κ2) is 12.5. The topological polar surface area (TPSA) is 48.9 Å². The molecule has 1 aromatic carbocycles. The van der Waals surface area contributed by atoms with Crippen LogP contribution in [0.4, 0.5) is 0 Å². The third-order valence-corrected chi connectivity index (χ3v) is 4.61. The average molecular weight is 460 g/mol. The fraction of sp³-hybridized carbons (Fsp3) is 0.632. The van der Waals surface area contributed by atoms with Crippen molar-refractivity contribution in [1.82, 2.24) is 15.5 Å². The lowest BCUT2D eigenvalue weighted by Gasteiger charge is -2.32. The molecule has 0 saturated carbocycles. The van der Waals surface area contributed by atoms with Crippen LogP contribution in [0.15, 0.2) is 29.3 Å². The molecule has 0 unspecified atom stereocenters. The molecule has 0 amide bonds. The predicted molar refractivity (Wildman–Crippen MR) is 116 cm³/mol. The van der Waals surface area contributed by atoms with Crippen LogP contribution >= 0.6 is 24.0 Å². The molecule has 0 atom stereocenters. The van der Waals surface area contributed by atoms with Gasteiger partial charge in [-0.2, -0.15) is 0 Å². The van der Waals surface area contributed by atoms with E-state index in [2.05, 4.69) is 51.7 Å². The summed E-state index contributed by atoms with van der Waals surface area (Å²) >= 11 is 0. The van der Waals surface area contributed by atoms with Gasteiger partial charge in [0, 0.05) is 33.8 Å². The summed E-state index contributed by atoms with van der Waals surface area (Å²) in [5.74, 6) is 1.59. The van der Waals surface area contributed by atoms with E-state index in [1.165, 1.54) is 37.1 Å². The van der Waals surface area contributed by atoms with Crippen molar-refractivity contribution in [1.29, 1.82) is 0 Å². The van der Waals surface area contributed by atoms with Gasteiger partial charge in [0.15, 0.2) is 5.96 Å². The fourth-order valence-electron chi connectivity index (χ4n) is 3.03. The van der Waals surface area contributed by atoms with E-state index in [-0.39, 0.29) is 24.0 Å². The van der Waals surface area contributed by atoms with Gasteiger partial charge < -0.3 is 15.4 Å². The Morgan fingerprint density at radius 1 is 1.20 bits per heavy atom. The van der Waals surface area contributed by atoms with Crippen molar-refractivity contribution in [2.45, 2.75) is 26.3 Å². The fourth-order valence-corrected chi connectivity index (χ4v) is 3.03. The zero-order chi connectivity index (χ0) is 17.2. The maximum atomic E-state index is 5.05. The summed E-state index contributed by atoms with van der Waals surface area (Å²) in [4.78, 5) is 6.81. The molecule has 1 fully saturated rings. The highest BCUT2D eigenvalue weighted by molar-refractivity contribution is 14.0. The molecule has 1 aliphatic rings. The third kappa shape index (κ3) is 8.37. The van der Waals surface area contributed by atoms with Crippen molar-refractivity contribution in [3.63, 3.8) is 0 Å². The molecule has 6 heteroatoms. The highest BCUT2D eigenvalue weighted by Gasteiger charge is 2.19. The SMILES string of the molecule is CN=C(NCCOC)NCC1CCN(Cc2ccc(C)cc2)CC1.I. The molecule has 0 bridgehead atoms. The van der Waals surface area contributed by atoms with Crippen LogP contribution in [-0.2, 0) is 11.3 Å². The summed E-state index contributed by atoms with van der Waals surface area (Å²) in [6.07, 6.45) is 2.49. The summed E-state index contributed by atoms with van der Waals surface area (Å²) in [5.41, 5.74) is 2.75. The number of likely N-dealkylation sites (tertiary alicyclic amines) is 1. The van der Waals surface area contributed by atoms with E-state index >= 15 is 0 Å². The van der Waals surface area contributed by atoms with Crippen LogP contribution in [0.2, 0.25) is 0 Å². The van der Waals surface area contributed by atoms with Crippen molar-refractivity contribution in [3.8, 4) is 0 Å². The Morgan fingerprint density at radius 2 is 1.88 bits per heavy atom. The van der Waals surface area contributed by atoms with Crippen LogP contribution in [0.25, 0.3) is 0 Å². The van der Waals surface area contributed by atoms with E-state index < -0.39 is 0 Å². The van der Waals surface area contributed by atoms with Gasteiger partial charge in [-0.25, -0.2) is 0 Å². The Morgan fingerprint density at radius 3 is 2.48 bits per heavy atom. The van der Waals surface area contributed by atoms with Gasteiger partial charge in [-0.3, -0.25) is 9.89 Å². The van der Waals surface area contributed by atoms with Gasteiger partial charge in [-0.05, 0) is 44.3 Å². The molecule has 1 aliphatic heterocycles. The minimum Gasteiger partial charge on any atom is -0.383 e. The number of guanidine groups is 1. The number of hydrogen-bond donors (Lipinski definition) is 2. The lowest BCUT2D eigenvalue weighted by atomic mass is 9.96. The molecule has 142 valence electrons. The highest BCUT2D eigenvalue weighted by atomic mass is 127. The maximum Gasteiger partial charge on any atom is 0.191 e. The highest BCUT2D eigenvalue weighted by Crippen LogP contribution is 2.18. The number of benzene rings is 1. The molecule has 0 aliphatic carbocycles. The summed E-state index contributed by atoms with van der Waals surface area (Å²) in [5, 5.41) is 6.69. The van der Waals surface area contributed by atoms with Gasteiger partial charge in [0.25, 0.3) is 0 Å². The summed E-state index contributed by atoms with van der Waals surface area (Å²) in [6.45, 7) is 8.03. The Bertz CT molecular complexity index is 499. The standard InChI is InChI=1S/C19H32N4O.HI/c1-16-4-6-18(7-5-16)15-23-11-8-17(9-12-23)14-22-19(20-2)21-10-13-24-3;/h4-7,17H,8-15H2,1-3H3,(H2,20,21,22);1H. The van der Waals surface area contributed by atoms with Gasteiger partial charge in [-0.1, -0.05) is 29.8 Å². The molecule has 0 aromatic heterocycles. The van der Waals surface area contributed by atoms with Crippen molar-refractivity contribution in [2.24, 2.45) is 10.9 Å². The third-order valence-electron chi connectivity index (χ3n) is 4.61. The number of aliphatic imine (C=N–C) groups is 1. The Labute approximate surface area is 169 Å². The normalized spacial score (nSPS) is 16.4. The maximum absolute atomic E-state index is 5.05. The monoisotopic (exact) mass is 460 g/mol. The molecular weight excluding hydrogens is 427 g/mol. The number of methoxy groups -OCH3 is 1. The molecule has 2 rings (SSSR count). The number of hydrogen-bond acceptors (Lipinski definition) is 3. The lowest BCUT2D eigenvalue weighted by molar-refractivity contribution is 0.178. The Kier molecular flexibility index (Phi) is 11.1. The Balaban J connectivity index is 0.00000312. The molecule has 25 heavy (non-hydrogen) atoms. The first-order chi connectivity index (χ1) is 11.7. The summed E-state index contributed by atoms with van der Waals surface area (Å²) < 4.78 is 5.05. The predicted octanol–water partition coefficient (Wildman–Crippen LogP) is 2.64. The second-order valence-corrected chi connectivity index (χ2v) is 6.58. The van der Waals surface area contributed by atoms with E-state index in [1.54, 1.807) is 7.11 Å². The van der Waals surface area contributed by atoms with E-state index in [9.17, 15) is 0 Å². The van der Waals surface area contributed by atoms with E-state index in [0.29, 0.717) is 6.61 Å². The van der Waals surface area contributed by atoms with Crippen molar-refractivity contribution in [2.75, 3.05) is 46.9 Å². The number of nitrogens with zero attached hydrogens (tertiary/aromatic N) is 2. The zero-order valence-corrected chi connectivity index (χ0v) is 18.1. The first-order valence-corrected chi connectivity index (χ1v) is 8.92. The number of halogens is 1. The largest absolute Gasteiger partial charge is 0.383 e. The number of piperidine rings is 1. The van der Waals surface area contributed by atoms with Crippen molar-refractivity contribution >= 4 is 29.9 Å². The molecular formula is C19H33IN4O. The molecule has 2 N–H and O–H groups in total. The van der Waals surface area contributed by atoms with Crippen molar-refractivity contribution in [3.05, 3.63) is 35.4 Å². The van der Waals surface area contributed by atoms with Gasteiger partial charge in [0.1, 0.15) is 0 Å². The van der Waals surface area contributed by atoms with Crippen LogP contribution in [0, 0.1) is 12.8 Å². The molecule has 0 spiro atoms. The molecule has 0 radical (unpaired) electrons. The van der Waals surface area contributed by atoms with Gasteiger partial charge in [0.05, 0.1) is 6.61 Å². The number of rotatable bonds is 7. The number of aryl methyl sites for hydroxylation is 1. The first-order valence-electron chi connectivity index (χ1n) is 8.92. The van der Waals surface area contributed by atoms with E-state index in [1.807, 2.05) is 7.05 Å². The van der Waals surface area contributed by atoms with Crippen LogP contribution in [0.3, 0.4) is 0 Å². The molecule has 5 nitrogen and oxygen atoms in total. The van der Waals surface area contributed by atoms with Gasteiger partial charge in [0.2, 0.25) is 0 Å². The number of nitrogens with one attached hydrogen (secondary N) is 2.